The minimum Gasteiger partial charge on any atom is -0.493 e. The minimum absolute atomic E-state index is 0.0116. The number of methoxy groups -OCH3 is 2. The number of para-hydroxylation sites is 2. The van der Waals surface area contributed by atoms with Gasteiger partial charge in [-0.15, -0.1) is 0 Å². The Balaban J connectivity index is 1.60. The van der Waals surface area contributed by atoms with Gasteiger partial charge in [-0.1, -0.05) is 18.2 Å². The van der Waals surface area contributed by atoms with E-state index in [1.54, 1.807) is 26.4 Å². The lowest BCUT2D eigenvalue weighted by atomic mass is 10.1. The van der Waals surface area contributed by atoms with Crippen LogP contribution in [0.25, 0.3) is 6.08 Å². The van der Waals surface area contributed by atoms with E-state index in [4.69, 9.17) is 14.2 Å². The number of amides is 1. The van der Waals surface area contributed by atoms with E-state index < -0.39 is 0 Å². The monoisotopic (exact) mass is 396 g/mol. The van der Waals surface area contributed by atoms with Crippen molar-refractivity contribution in [2.45, 2.75) is 6.92 Å². The van der Waals surface area contributed by atoms with Gasteiger partial charge in [0, 0.05) is 32.3 Å². The molecule has 0 aromatic heterocycles. The summed E-state index contributed by atoms with van der Waals surface area (Å²) >= 11 is 0. The van der Waals surface area contributed by atoms with Crippen molar-refractivity contribution in [3.8, 4) is 17.2 Å². The van der Waals surface area contributed by atoms with Gasteiger partial charge in [-0.05, 0) is 42.8 Å². The maximum absolute atomic E-state index is 12.6. The van der Waals surface area contributed by atoms with Crippen molar-refractivity contribution in [2.24, 2.45) is 0 Å². The molecule has 6 heteroatoms. The van der Waals surface area contributed by atoms with Gasteiger partial charge in [-0.25, -0.2) is 0 Å². The molecule has 0 unspecified atom stereocenters. The molecule has 1 aliphatic heterocycles. The first kappa shape index (κ1) is 20.6. The zero-order valence-corrected chi connectivity index (χ0v) is 17.3. The topological polar surface area (TPSA) is 51.2 Å². The van der Waals surface area contributed by atoms with Crippen LogP contribution in [0.2, 0.25) is 0 Å². The maximum Gasteiger partial charge on any atom is 0.246 e. The highest BCUT2D eigenvalue weighted by molar-refractivity contribution is 5.92. The van der Waals surface area contributed by atoms with Crippen LogP contribution in [0.4, 0.5) is 5.69 Å². The van der Waals surface area contributed by atoms with E-state index in [1.165, 1.54) is 0 Å². The van der Waals surface area contributed by atoms with Gasteiger partial charge >= 0.3 is 0 Å². The Morgan fingerprint density at radius 2 is 1.69 bits per heavy atom. The van der Waals surface area contributed by atoms with E-state index in [-0.39, 0.29) is 5.91 Å². The first-order valence-electron chi connectivity index (χ1n) is 9.82. The molecule has 0 bridgehead atoms. The van der Waals surface area contributed by atoms with Crippen molar-refractivity contribution < 1.29 is 19.0 Å². The molecule has 1 amide bonds. The van der Waals surface area contributed by atoms with E-state index in [9.17, 15) is 4.79 Å². The number of ether oxygens (including phenoxy) is 3. The third kappa shape index (κ3) is 5.02. The molecule has 0 N–H and O–H groups in total. The lowest BCUT2D eigenvalue weighted by Crippen LogP contribution is -2.48. The summed E-state index contributed by atoms with van der Waals surface area (Å²) in [5.41, 5.74) is 1.97. The first-order chi connectivity index (χ1) is 14.2. The number of benzene rings is 2. The molecule has 1 aliphatic rings. The quantitative estimate of drug-likeness (QED) is 0.671. The predicted octanol–water partition coefficient (Wildman–Crippen LogP) is 3.46. The lowest BCUT2D eigenvalue weighted by Gasteiger charge is -2.36. The Bertz CT molecular complexity index is 858. The summed E-state index contributed by atoms with van der Waals surface area (Å²) in [4.78, 5) is 16.7. The molecule has 6 nitrogen and oxygen atoms in total. The van der Waals surface area contributed by atoms with Gasteiger partial charge in [-0.2, -0.15) is 0 Å². The molecule has 3 rings (SSSR count). The van der Waals surface area contributed by atoms with Crippen LogP contribution in [0.5, 0.6) is 17.2 Å². The number of piperazine rings is 1. The minimum atomic E-state index is 0.0116. The van der Waals surface area contributed by atoms with Crippen LogP contribution in [0.3, 0.4) is 0 Å². The van der Waals surface area contributed by atoms with Gasteiger partial charge in [0.05, 0.1) is 26.5 Å². The fraction of sp³-hybridized carbons (Fsp3) is 0.348. The van der Waals surface area contributed by atoms with Gasteiger partial charge in [0.1, 0.15) is 5.75 Å². The van der Waals surface area contributed by atoms with Crippen LogP contribution in [0.1, 0.15) is 12.5 Å². The smallest absolute Gasteiger partial charge is 0.246 e. The van der Waals surface area contributed by atoms with E-state index in [2.05, 4.69) is 11.0 Å². The average Bonchev–Trinajstić information content (AvgIpc) is 2.78. The number of anilines is 1. The standard InChI is InChI=1S/C23H28N2O4/c1-4-29-20-8-6-5-7-19(20)24-13-15-25(16-14-24)23(26)12-10-18-9-11-21(27-2)22(17-18)28-3/h5-12,17H,4,13-16H2,1-3H3/b12-10+. The SMILES string of the molecule is CCOc1ccccc1N1CCN(C(=O)/C=C/c2ccc(OC)c(OC)c2)CC1. The Kier molecular flexibility index (Phi) is 7.00. The highest BCUT2D eigenvalue weighted by Gasteiger charge is 2.21. The number of rotatable bonds is 7. The molecule has 2 aromatic carbocycles. The van der Waals surface area contributed by atoms with Crippen molar-refractivity contribution in [1.29, 1.82) is 0 Å². The molecule has 0 atom stereocenters. The summed E-state index contributed by atoms with van der Waals surface area (Å²) in [5, 5.41) is 0. The Labute approximate surface area is 172 Å². The van der Waals surface area contributed by atoms with Gasteiger partial charge in [0.25, 0.3) is 0 Å². The molecule has 154 valence electrons. The van der Waals surface area contributed by atoms with Gasteiger partial charge in [0.2, 0.25) is 5.91 Å². The number of carbonyl (C=O) groups excluding carboxylic acids is 1. The number of hydrogen-bond acceptors (Lipinski definition) is 5. The van der Waals surface area contributed by atoms with E-state index in [0.29, 0.717) is 31.2 Å². The van der Waals surface area contributed by atoms with Crippen LogP contribution in [0, 0.1) is 0 Å². The normalized spacial score (nSPS) is 14.2. The molecule has 1 saturated heterocycles. The van der Waals surface area contributed by atoms with E-state index in [1.807, 2.05) is 48.2 Å². The number of hydrogen-bond donors (Lipinski definition) is 0. The second-order valence-corrected chi connectivity index (χ2v) is 6.66. The third-order valence-corrected chi connectivity index (χ3v) is 4.92. The van der Waals surface area contributed by atoms with Gasteiger partial charge in [0.15, 0.2) is 11.5 Å². The first-order valence-corrected chi connectivity index (χ1v) is 9.82. The highest BCUT2D eigenvalue weighted by atomic mass is 16.5. The summed E-state index contributed by atoms with van der Waals surface area (Å²) in [5.74, 6) is 2.21. The van der Waals surface area contributed by atoms with Gasteiger partial charge < -0.3 is 24.0 Å². The Morgan fingerprint density at radius 1 is 0.966 bits per heavy atom. The fourth-order valence-corrected chi connectivity index (χ4v) is 3.39. The molecule has 0 aliphatic carbocycles. The molecular formula is C23H28N2O4. The molecule has 0 radical (unpaired) electrons. The van der Waals surface area contributed by atoms with Crippen LogP contribution in [-0.2, 0) is 4.79 Å². The summed E-state index contributed by atoms with van der Waals surface area (Å²) in [7, 11) is 3.20. The average molecular weight is 396 g/mol. The fourth-order valence-electron chi connectivity index (χ4n) is 3.39. The number of carbonyl (C=O) groups is 1. The van der Waals surface area contributed by atoms with Crippen LogP contribution in [0.15, 0.2) is 48.5 Å². The Morgan fingerprint density at radius 3 is 2.38 bits per heavy atom. The summed E-state index contributed by atoms with van der Waals surface area (Å²) in [6, 6.07) is 13.6. The second-order valence-electron chi connectivity index (χ2n) is 6.66. The van der Waals surface area contributed by atoms with Crippen molar-refractivity contribution in [1.82, 2.24) is 4.90 Å². The zero-order valence-electron chi connectivity index (χ0n) is 17.3. The third-order valence-electron chi connectivity index (χ3n) is 4.92. The Hall–Kier alpha value is -3.15. The van der Waals surface area contributed by atoms with Crippen LogP contribution in [-0.4, -0.2) is 57.8 Å². The van der Waals surface area contributed by atoms with Gasteiger partial charge in [-0.3, -0.25) is 4.79 Å². The maximum atomic E-state index is 12.6. The van der Waals surface area contributed by atoms with Crippen molar-refractivity contribution >= 4 is 17.7 Å². The van der Waals surface area contributed by atoms with Crippen molar-refractivity contribution in [3.63, 3.8) is 0 Å². The van der Waals surface area contributed by atoms with Crippen LogP contribution >= 0.6 is 0 Å². The molecule has 1 heterocycles. The number of nitrogens with zero attached hydrogens (tertiary/aromatic N) is 2. The summed E-state index contributed by atoms with van der Waals surface area (Å²) in [6.45, 7) is 5.53. The molecule has 0 spiro atoms. The van der Waals surface area contributed by atoms with Crippen molar-refractivity contribution in [3.05, 3.63) is 54.1 Å². The summed E-state index contributed by atoms with van der Waals surface area (Å²) < 4.78 is 16.3. The second kappa shape index (κ2) is 9.87. The van der Waals surface area contributed by atoms with E-state index in [0.717, 1.165) is 30.1 Å². The highest BCUT2D eigenvalue weighted by Crippen LogP contribution is 2.29. The molecule has 29 heavy (non-hydrogen) atoms. The lowest BCUT2D eigenvalue weighted by molar-refractivity contribution is -0.126. The predicted molar refractivity (Wildman–Crippen MR) is 115 cm³/mol. The molecule has 1 fully saturated rings. The molecule has 0 saturated carbocycles. The van der Waals surface area contributed by atoms with E-state index >= 15 is 0 Å². The molecule has 2 aromatic rings. The summed E-state index contributed by atoms with van der Waals surface area (Å²) in [6.07, 6.45) is 3.42. The van der Waals surface area contributed by atoms with Crippen molar-refractivity contribution in [2.75, 3.05) is 51.9 Å². The zero-order chi connectivity index (χ0) is 20.6. The largest absolute Gasteiger partial charge is 0.493 e. The molecular weight excluding hydrogens is 368 g/mol. The van der Waals surface area contributed by atoms with Crippen LogP contribution < -0.4 is 19.1 Å².